The second-order valence-electron chi connectivity index (χ2n) is 6.72. The van der Waals surface area contributed by atoms with E-state index in [4.69, 9.17) is 4.74 Å². The van der Waals surface area contributed by atoms with Crippen molar-refractivity contribution in [1.82, 2.24) is 9.62 Å². The minimum atomic E-state index is -3.84. The Morgan fingerprint density at radius 2 is 1.69 bits per heavy atom. The van der Waals surface area contributed by atoms with Gasteiger partial charge in [-0.3, -0.25) is 4.79 Å². The topological polar surface area (TPSA) is 75.7 Å². The van der Waals surface area contributed by atoms with Crippen molar-refractivity contribution in [2.75, 3.05) is 19.7 Å². The quantitative estimate of drug-likeness (QED) is 0.535. The number of hydrogen-bond donors (Lipinski definition) is 1. The first-order valence-electron chi connectivity index (χ1n) is 10.0. The molecule has 0 aliphatic heterocycles. The molecule has 158 valence electrons. The van der Waals surface area contributed by atoms with Crippen LogP contribution in [0, 0.1) is 0 Å². The highest BCUT2D eigenvalue weighted by molar-refractivity contribution is 7.89. The van der Waals surface area contributed by atoms with Gasteiger partial charge in [0.05, 0.1) is 18.0 Å². The van der Waals surface area contributed by atoms with Crippen molar-refractivity contribution in [3.63, 3.8) is 0 Å². The number of carbonyl (C=O) groups excluding carboxylic acids is 1. The molecule has 0 radical (unpaired) electrons. The van der Waals surface area contributed by atoms with Crippen LogP contribution in [0.1, 0.15) is 38.7 Å². The first-order valence-corrected chi connectivity index (χ1v) is 11.4. The molecule has 0 atom stereocenters. The first-order chi connectivity index (χ1) is 14.0. The predicted molar refractivity (Wildman–Crippen MR) is 114 cm³/mol. The molecular formula is C22H30N2O4S. The second kappa shape index (κ2) is 11.6. The number of nitrogens with one attached hydrogen (secondary N) is 1. The number of rotatable bonds is 12. The fourth-order valence-corrected chi connectivity index (χ4v) is 4.24. The fraction of sp³-hybridized carbons (Fsp3) is 0.409. The number of carbonyl (C=O) groups is 1. The lowest BCUT2D eigenvalue weighted by Crippen LogP contribution is -2.40. The van der Waals surface area contributed by atoms with Crippen molar-refractivity contribution >= 4 is 15.9 Å². The molecule has 1 N–H and O–H groups in total. The molecule has 0 unspecified atom stereocenters. The van der Waals surface area contributed by atoms with E-state index in [1.807, 2.05) is 37.3 Å². The van der Waals surface area contributed by atoms with E-state index >= 15 is 0 Å². The molecule has 0 saturated heterocycles. The number of nitrogens with zero attached hydrogens (tertiary/aromatic N) is 1. The molecule has 6 nitrogen and oxygen atoms in total. The monoisotopic (exact) mass is 418 g/mol. The molecule has 2 aromatic rings. The molecule has 0 heterocycles. The molecule has 0 saturated carbocycles. The van der Waals surface area contributed by atoms with Crippen LogP contribution in [0.3, 0.4) is 0 Å². The van der Waals surface area contributed by atoms with Gasteiger partial charge in [0.15, 0.2) is 0 Å². The van der Waals surface area contributed by atoms with Crippen LogP contribution in [-0.2, 0) is 21.4 Å². The molecule has 0 spiro atoms. The lowest BCUT2D eigenvalue weighted by Gasteiger charge is -2.22. The Morgan fingerprint density at radius 1 is 1.00 bits per heavy atom. The third kappa shape index (κ3) is 7.18. The summed E-state index contributed by atoms with van der Waals surface area (Å²) in [6.45, 7) is 4.91. The largest absolute Gasteiger partial charge is 0.494 e. The zero-order chi connectivity index (χ0) is 21.1. The molecule has 0 fully saturated rings. The summed E-state index contributed by atoms with van der Waals surface area (Å²) in [5, 5.41) is 2.82. The van der Waals surface area contributed by atoms with Gasteiger partial charge in [0.2, 0.25) is 15.9 Å². The minimum Gasteiger partial charge on any atom is -0.494 e. The van der Waals surface area contributed by atoms with E-state index in [2.05, 4.69) is 12.2 Å². The van der Waals surface area contributed by atoms with Crippen molar-refractivity contribution in [2.24, 2.45) is 0 Å². The molecule has 0 bridgehead atoms. The van der Waals surface area contributed by atoms with Crippen molar-refractivity contribution in [1.29, 1.82) is 0 Å². The maximum atomic E-state index is 13.2. The Balaban J connectivity index is 2.19. The van der Waals surface area contributed by atoms with Crippen LogP contribution in [-0.4, -0.2) is 38.3 Å². The Kier molecular flexibility index (Phi) is 9.15. The third-order valence-electron chi connectivity index (χ3n) is 4.40. The van der Waals surface area contributed by atoms with Crippen molar-refractivity contribution in [3.8, 4) is 5.75 Å². The third-order valence-corrected chi connectivity index (χ3v) is 6.20. The van der Waals surface area contributed by atoms with Crippen molar-refractivity contribution in [3.05, 3.63) is 60.2 Å². The molecule has 2 rings (SSSR count). The Morgan fingerprint density at radius 3 is 2.31 bits per heavy atom. The molecule has 0 aromatic heterocycles. The van der Waals surface area contributed by atoms with Gasteiger partial charge < -0.3 is 10.1 Å². The van der Waals surface area contributed by atoms with Crippen molar-refractivity contribution < 1.29 is 17.9 Å². The first kappa shape index (κ1) is 22.9. The van der Waals surface area contributed by atoms with Crippen LogP contribution in [0.4, 0.5) is 0 Å². The standard InChI is InChI=1S/C22H30N2O4S/c1-3-5-9-16-23-22(25)18-24(17-19-10-7-6-8-11-19)29(26,27)21-14-12-20(13-15-21)28-4-2/h6-8,10-15H,3-5,9,16-18H2,1-2H3,(H,23,25). The highest BCUT2D eigenvalue weighted by Crippen LogP contribution is 2.21. The molecule has 0 aliphatic rings. The highest BCUT2D eigenvalue weighted by Gasteiger charge is 2.27. The van der Waals surface area contributed by atoms with E-state index in [0.29, 0.717) is 18.9 Å². The van der Waals surface area contributed by atoms with E-state index < -0.39 is 10.0 Å². The SMILES string of the molecule is CCCCCNC(=O)CN(Cc1ccccc1)S(=O)(=O)c1ccc(OCC)cc1. The Bertz CT molecular complexity index is 852. The summed E-state index contributed by atoms with van der Waals surface area (Å²) in [5.74, 6) is 0.307. The summed E-state index contributed by atoms with van der Waals surface area (Å²) >= 11 is 0. The number of ether oxygens (including phenoxy) is 1. The Labute approximate surface area is 173 Å². The summed E-state index contributed by atoms with van der Waals surface area (Å²) in [4.78, 5) is 12.5. The number of unbranched alkanes of at least 4 members (excludes halogenated alkanes) is 2. The van der Waals surface area contributed by atoms with Gasteiger partial charge in [-0.05, 0) is 43.2 Å². The lowest BCUT2D eigenvalue weighted by atomic mass is 10.2. The molecule has 7 heteroatoms. The summed E-state index contributed by atoms with van der Waals surface area (Å²) in [5.41, 5.74) is 0.820. The van der Waals surface area contributed by atoms with Crippen LogP contribution >= 0.6 is 0 Å². The zero-order valence-corrected chi connectivity index (χ0v) is 18.0. The predicted octanol–water partition coefficient (Wildman–Crippen LogP) is 3.58. The molecule has 0 aliphatic carbocycles. The molecule has 1 amide bonds. The normalized spacial score (nSPS) is 11.4. The average molecular weight is 419 g/mol. The Hall–Kier alpha value is -2.38. The van der Waals surface area contributed by atoms with E-state index in [1.54, 1.807) is 12.1 Å². The van der Waals surface area contributed by atoms with Crippen LogP contribution in [0.5, 0.6) is 5.75 Å². The van der Waals surface area contributed by atoms with Gasteiger partial charge in [-0.15, -0.1) is 0 Å². The van der Waals surface area contributed by atoms with Gasteiger partial charge in [-0.25, -0.2) is 8.42 Å². The maximum absolute atomic E-state index is 13.2. The number of amides is 1. The number of hydrogen-bond acceptors (Lipinski definition) is 4. The van der Waals surface area contributed by atoms with Crippen molar-refractivity contribution in [2.45, 2.75) is 44.6 Å². The maximum Gasteiger partial charge on any atom is 0.243 e. The number of sulfonamides is 1. The smallest absolute Gasteiger partial charge is 0.243 e. The van der Waals surface area contributed by atoms with E-state index in [9.17, 15) is 13.2 Å². The van der Waals surface area contributed by atoms with E-state index in [0.717, 1.165) is 24.8 Å². The van der Waals surface area contributed by atoms with E-state index in [1.165, 1.54) is 16.4 Å². The van der Waals surface area contributed by atoms with Crippen LogP contribution < -0.4 is 10.1 Å². The summed E-state index contributed by atoms with van der Waals surface area (Å²) in [6.07, 6.45) is 2.97. The van der Waals surface area contributed by atoms with Gasteiger partial charge in [0, 0.05) is 13.1 Å². The molecule has 29 heavy (non-hydrogen) atoms. The van der Waals surface area contributed by atoms with E-state index in [-0.39, 0.29) is 23.9 Å². The molecule has 2 aromatic carbocycles. The average Bonchev–Trinajstić information content (AvgIpc) is 2.72. The van der Waals surface area contributed by atoms with Gasteiger partial charge >= 0.3 is 0 Å². The molecular weight excluding hydrogens is 388 g/mol. The highest BCUT2D eigenvalue weighted by atomic mass is 32.2. The van der Waals surface area contributed by atoms with Gasteiger partial charge in [-0.2, -0.15) is 4.31 Å². The summed E-state index contributed by atoms with van der Waals surface area (Å²) < 4.78 is 33.0. The number of benzene rings is 2. The zero-order valence-electron chi connectivity index (χ0n) is 17.1. The summed E-state index contributed by atoms with van der Waals surface area (Å²) in [6, 6.07) is 15.5. The summed E-state index contributed by atoms with van der Waals surface area (Å²) in [7, 11) is -3.84. The fourth-order valence-electron chi connectivity index (χ4n) is 2.86. The van der Waals surface area contributed by atoms with Gasteiger partial charge in [-0.1, -0.05) is 50.1 Å². The minimum absolute atomic E-state index is 0.124. The van der Waals surface area contributed by atoms with Crippen LogP contribution in [0.15, 0.2) is 59.5 Å². The van der Waals surface area contributed by atoms with Gasteiger partial charge in [0.25, 0.3) is 0 Å². The van der Waals surface area contributed by atoms with Crippen LogP contribution in [0.2, 0.25) is 0 Å². The lowest BCUT2D eigenvalue weighted by molar-refractivity contribution is -0.121. The second-order valence-corrected chi connectivity index (χ2v) is 8.66. The van der Waals surface area contributed by atoms with Crippen LogP contribution in [0.25, 0.3) is 0 Å². The van der Waals surface area contributed by atoms with Gasteiger partial charge in [0.1, 0.15) is 5.75 Å².